The lowest BCUT2D eigenvalue weighted by molar-refractivity contribution is -0.304. The summed E-state index contributed by atoms with van der Waals surface area (Å²) in [5.74, 6) is -40.4. The van der Waals surface area contributed by atoms with Gasteiger partial charge in [0.15, 0.2) is 13.5 Å². The summed E-state index contributed by atoms with van der Waals surface area (Å²) in [5, 5.41) is 0. The van der Waals surface area contributed by atoms with Crippen molar-refractivity contribution in [1.82, 2.24) is 0 Å². The molecule has 0 spiro atoms. The van der Waals surface area contributed by atoms with Crippen LogP contribution in [0.2, 0.25) is 0 Å². The number of rotatable bonds is 18. The monoisotopic (exact) mass is 1140 g/mol. The predicted molar refractivity (Wildman–Crippen MR) is 219 cm³/mol. The number of halogens is 25. The number of ether oxygens (including phenoxy) is 2. The number of anilines is 2. The molecule has 6 rings (SSSR count). The van der Waals surface area contributed by atoms with Gasteiger partial charge in [-0.2, -0.15) is 48.3 Å². The Labute approximate surface area is 413 Å². The van der Waals surface area contributed by atoms with Gasteiger partial charge < -0.3 is 19.3 Å². The molecular formula is C47H37F25N2O2. The molecule has 0 atom stereocenters. The van der Waals surface area contributed by atoms with Gasteiger partial charge in [-0.1, -0.05) is 36.4 Å². The fourth-order valence-electron chi connectivity index (χ4n) is 8.84. The number of hydrogen-bond acceptors (Lipinski definition) is 4. The summed E-state index contributed by atoms with van der Waals surface area (Å²) in [4.78, 5) is 2.17. The van der Waals surface area contributed by atoms with Crippen molar-refractivity contribution in [3.05, 3.63) is 118 Å². The third-order valence-electron chi connectivity index (χ3n) is 12.1. The maximum Gasteiger partial charge on any atom is 0.453 e. The molecule has 0 aliphatic carbocycles. The van der Waals surface area contributed by atoms with Gasteiger partial charge in [0.1, 0.15) is 11.5 Å². The molecule has 2 aliphatic rings. The lowest BCUT2D eigenvalue weighted by Crippen LogP contribution is -2.55. The van der Waals surface area contributed by atoms with Gasteiger partial charge in [-0.25, -0.2) is 61.5 Å². The Morgan fingerprint density at radius 3 is 1.00 bits per heavy atom. The molecule has 0 bridgehead atoms. The van der Waals surface area contributed by atoms with Gasteiger partial charge in [0.2, 0.25) is 5.41 Å². The quantitative estimate of drug-likeness (QED) is 0.0927. The summed E-state index contributed by atoms with van der Waals surface area (Å²) in [6, 6.07) is 8.79. The van der Waals surface area contributed by atoms with E-state index in [9.17, 15) is 74.6 Å². The molecule has 422 valence electrons. The third-order valence-corrected chi connectivity index (χ3v) is 12.1. The minimum atomic E-state index is -6.58. The Balaban J connectivity index is 1.22. The summed E-state index contributed by atoms with van der Waals surface area (Å²) in [5.41, 5.74) is -11.2. The lowest BCUT2D eigenvalue weighted by Gasteiger charge is -2.40. The third kappa shape index (κ3) is 13.2. The summed E-state index contributed by atoms with van der Waals surface area (Å²) in [6.45, 7) is -2.23. The minimum Gasteiger partial charge on any atom is -0.473 e. The molecular weight excluding hydrogens is 1100 g/mol. The Morgan fingerprint density at radius 2 is 0.684 bits per heavy atom. The fraction of sp³-hybridized carbons (Fsp3) is 0.489. The standard InChI is InChI=1S/C47H37F25N2O2/c1-36(48,49)18-37(50,51)19-38(52,53)21-41(58,59)28-2-8-32(9-3-28)73-16-26-14-30(6-12-34(26)75-24-73)44(46(67,68)69,47(70,71)72)31-7-13-35-27(15-31)17-74(25-76-35)33-10-4-29(5-11-33)42(60,61)22-39(54,55)20-40(56,57)23-43(62,63)45(64,65)66/h2-15H,16-25H2,1H3. The fourth-order valence-corrected chi connectivity index (χ4v) is 8.84. The zero-order chi connectivity index (χ0) is 57.3. The minimum absolute atomic E-state index is 0.0179. The molecule has 0 aromatic heterocycles. The number of fused-ring (bicyclic) bond motifs is 2. The van der Waals surface area contributed by atoms with Crippen LogP contribution >= 0.6 is 0 Å². The zero-order valence-electron chi connectivity index (χ0n) is 38.3. The molecule has 0 N–H and O–H groups in total. The van der Waals surface area contributed by atoms with Crippen LogP contribution in [0.15, 0.2) is 84.9 Å². The summed E-state index contributed by atoms with van der Waals surface area (Å²) in [6.07, 6.45) is -35.9. The summed E-state index contributed by atoms with van der Waals surface area (Å²) < 4.78 is 366. The SMILES string of the molecule is CC(F)(F)CC(F)(F)CC(F)(F)CC(F)(F)c1ccc(N2COc3ccc(C(c4ccc5c(c4)CN(c4ccc(C(F)(F)CC(F)(F)CC(F)(F)CC(F)(F)C(F)(F)F)cc4)CO5)(C(F)(F)F)C(F)(F)F)cc3C2)cc1. The average Bonchev–Trinajstić information content (AvgIpc) is 3.22. The van der Waals surface area contributed by atoms with E-state index in [0.29, 0.717) is 48.5 Å². The smallest absolute Gasteiger partial charge is 0.453 e. The Hall–Kier alpha value is -5.67. The van der Waals surface area contributed by atoms with Crippen molar-refractivity contribution in [3.63, 3.8) is 0 Å². The largest absolute Gasteiger partial charge is 0.473 e. The van der Waals surface area contributed by atoms with Crippen molar-refractivity contribution in [3.8, 4) is 11.5 Å². The number of alkyl halides is 25. The van der Waals surface area contributed by atoms with Crippen molar-refractivity contribution in [2.45, 2.75) is 130 Å². The average molecular weight is 1140 g/mol. The van der Waals surface area contributed by atoms with Crippen LogP contribution in [0.1, 0.15) is 78.8 Å². The van der Waals surface area contributed by atoms with E-state index >= 15 is 35.1 Å². The molecule has 0 radical (unpaired) electrons. The van der Waals surface area contributed by atoms with Gasteiger partial charge in [0.25, 0.3) is 41.5 Å². The molecule has 29 heteroatoms. The van der Waals surface area contributed by atoms with Gasteiger partial charge >= 0.3 is 24.5 Å². The van der Waals surface area contributed by atoms with Crippen molar-refractivity contribution in [2.75, 3.05) is 23.3 Å². The predicted octanol–water partition coefficient (Wildman–Crippen LogP) is 16.7. The number of benzene rings is 4. The maximum absolute atomic E-state index is 15.4. The van der Waals surface area contributed by atoms with Crippen LogP contribution in [0.5, 0.6) is 11.5 Å². The van der Waals surface area contributed by atoms with Crippen molar-refractivity contribution < 1.29 is 119 Å². The van der Waals surface area contributed by atoms with Gasteiger partial charge in [-0.05, 0) is 66.6 Å². The second-order valence-electron chi connectivity index (χ2n) is 18.6. The Bertz CT molecular complexity index is 2660. The second kappa shape index (κ2) is 19.7. The molecule has 0 saturated carbocycles. The first-order valence-electron chi connectivity index (χ1n) is 21.7. The van der Waals surface area contributed by atoms with E-state index in [2.05, 4.69) is 0 Å². The van der Waals surface area contributed by atoms with Crippen LogP contribution in [0.3, 0.4) is 0 Å². The van der Waals surface area contributed by atoms with Crippen molar-refractivity contribution in [1.29, 1.82) is 0 Å². The summed E-state index contributed by atoms with van der Waals surface area (Å²) in [7, 11) is 0. The van der Waals surface area contributed by atoms with E-state index in [-0.39, 0.29) is 40.9 Å². The maximum atomic E-state index is 15.4. The molecule has 4 nitrogen and oxygen atoms in total. The first-order chi connectivity index (χ1) is 34.3. The van der Waals surface area contributed by atoms with Crippen molar-refractivity contribution >= 4 is 11.4 Å². The highest BCUT2D eigenvalue weighted by Gasteiger charge is 2.73. The topological polar surface area (TPSA) is 24.9 Å². The van der Waals surface area contributed by atoms with Crippen LogP contribution in [-0.2, 0) is 30.3 Å². The molecule has 0 amide bonds. The van der Waals surface area contributed by atoms with Gasteiger partial charge in [-0.15, -0.1) is 0 Å². The number of nitrogens with zero attached hydrogens (tertiary/aromatic N) is 2. The van der Waals surface area contributed by atoms with Crippen LogP contribution in [-0.4, -0.2) is 67.5 Å². The van der Waals surface area contributed by atoms with Crippen LogP contribution in [0, 0.1) is 0 Å². The van der Waals surface area contributed by atoms with Gasteiger partial charge in [0, 0.05) is 46.7 Å². The highest BCUT2D eigenvalue weighted by atomic mass is 19.4. The normalized spacial score (nSPS) is 16.0. The van der Waals surface area contributed by atoms with Crippen LogP contribution < -0.4 is 19.3 Å². The van der Waals surface area contributed by atoms with E-state index in [0.717, 1.165) is 46.2 Å². The summed E-state index contributed by atoms with van der Waals surface area (Å²) >= 11 is 0. The van der Waals surface area contributed by atoms with Gasteiger partial charge in [-0.3, -0.25) is 0 Å². The zero-order valence-corrected chi connectivity index (χ0v) is 38.3. The van der Waals surface area contributed by atoms with E-state index in [1.807, 2.05) is 0 Å². The Morgan fingerprint density at radius 1 is 0.368 bits per heavy atom. The highest BCUT2D eigenvalue weighted by molar-refractivity contribution is 5.57. The molecule has 0 unspecified atom stereocenters. The van der Waals surface area contributed by atoms with E-state index in [4.69, 9.17) is 9.47 Å². The first kappa shape index (κ1) is 59.6. The molecule has 0 fully saturated rings. The molecule has 4 aromatic carbocycles. The van der Waals surface area contributed by atoms with Gasteiger partial charge in [0.05, 0.1) is 38.5 Å². The molecule has 0 saturated heterocycles. The van der Waals surface area contributed by atoms with E-state index in [1.54, 1.807) is 0 Å². The first-order valence-corrected chi connectivity index (χ1v) is 21.7. The molecule has 2 aliphatic heterocycles. The molecule has 2 heterocycles. The van der Waals surface area contributed by atoms with Crippen LogP contribution in [0.4, 0.5) is 121 Å². The lowest BCUT2D eigenvalue weighted by atomic mass is 9.72. The molecule has 4 aromatic rings. The highest BCUT2D eigenvalue weighted by Crippen LogP contribution is 2.58. The second-order valence-corrected chi connectivity index (χ2v) is 18.6. The number of hydrogen-bond donors (Lipinski definition) is 0. The van der Waals surface area contributed by atoms with E-state index < -0.39 is 159 Å². The van der Waals surface area contributed by atoms with E-state index in [1.165, 1.54) is 0 Å². The Kier molecular flexibility index (Phi) is 15.4. The van der Waals surface area contributed by atoms with Crippen LogP contribution in [0.25, 0.3) is 0 Å². The van der Waals surface area contributed by atoms with Crippen molar-refractivity contribution in [2.24, 2.45) is 0 Å². The molecule has 76 heavy (non-hydrogen) atoms.